The minimum atomic E-state index is -0.426. The van der Waals surface area contributed by atoms with E-state index in [1.54, 1.807) is 0 Å². The van der Waals surface area contributed by atoms with Crippen LogP contribution in [0, 0.1) is 0 Å². The van der Waals surface area contributed by atoms with Crippen molar-refractivity contribution in [2.24, 2.45) is 0 Å². The molecule has 0 aromatic rings. The Bertz CT molecular complexity index is 189. The molecule has 0 atom stereocenters. The molecule has 0 unspecified atom stereocenters. The van der Waals surface area contributed by atoms with Crippen molar-refractivity contribution in [2.45, 2.75) is 26.2 Å². The van der Waals surface area contributed by atoms with Gasteiger partial charge in [-0.2, -0.15) is 0 Å². The van der Waals surface area contributed by atoms with Crippen LogP contribution in [0.3, 0.4) is 0 Å². The summed E-state index contributed by atoms with van der Waals surface area (Å²) in [7, 11) is 0. The highest BCUT2D eigenvalue weighted by Gasteiger charge is 2.06. The highest BCUT2D eigenvalue weighted by Crippen LogP contribution is 2.08. The first-order valence-corrected chi connectivity index (χ1v) is 5.15. The molecule has 0 N–H and O–H groups in total. The molecule has 0 aliphatic heterocycles. The summed E-state index contributed by atoms with van der Waals surface area (Å²) >= 11 is 1.00. The monoisotopic (exact) mass is 202 g/mol. The lowest BCUT2D eigenvalue weighted by Gasteiger charge is -1.98. The molecule has 3 nitrogen and oxygen atoms in total. The van der Waals surface area contributed by atoms with Crippen molar-refractivity contribution in [3.63, 3.8) is 0 Å². The molecule has 0 saturated heterocycles. The summed E-state index contributed by atoms with van der Waals surface area (Å²) in [5.41, 5.74) is 0. The van der Waals surface area contributed by atoms with Crippen LogP contribution in [0.4, 0.5) is 0 Å². The maximum atomic E-state index is 11.0. The Morgan fingerprint density at radius 3 is 2.77 bits per heavy atom. The molecule has 0 rings (SSSR count). The van der Waals surface area contributed by atoms with Gasteiger partial charge in [-0.3, -0.25) is 9.59 Å². The van der Waals surface area contributed by atoms with Crippen LogP contribution in [-0.4, -0.2) is 16.8 Å². The third-order valence-electron chi connectivity index (χ3n) is 1.30. The van der Waals surface area contributed by atoms with Crippen molar-refractivity contribution in [3.8, 4) is 0 Å². The van der Waals surface area contributed by atoms with Crippen LogP contribution < -0.4 is 0 Å². The Morgan fingerprint density at radius 2 is 2.23 bits per heavy atom. The summed E-state index contributed by atoms with van der Waals surface area (Å²) in [4.78, 5) is 21.8. The molecule has 0 bridgehead atoms. The summed E-state index contributed by atoms with van der Waals surface area (Å²) in [5.74, 6) is -0.348. The molecule has 0 saturated carbocycles. The third-order valence-corrected chi connectivity index (χ3v) is 2.21. The SMILES string of the molecule is C=COC(=O)CSC(=O)CCCC. The average Bonchev–Trinajstić information content (AvgIpc) is 2.12. The van der Waals surface area contributed by atoms with Gasteiger partial charge in [-0.15, -0.1) is 0 Å². The standard InChI is InChI=1S/C9H14O3S/c1-3-5-6-9(11)13-7-8(10)12-4-2/h4H,2-3,5-7H2,1H3. The normalized spacial score (nSPS) is 9.31. The fourth-order valence-electron chi connectivity index (χ4n) is 0.660. The Labute approximate surface area is 82.5 Å². The van der Waals surface area contributed by atoms with E-state index in [2.05, 4.69) is 11.3 Å². The molecular weight excluding hydrogens is 188 g/mol. The fraction of sp³-hybridized carbons (Fsp3) is 0.556. The zero-order valence-corrected chi connectivity index (χ0v) is 8.56. The molecule has 0 aromatic carbocycles. The van der Waals surface area contributed by atoms with E-state index in [1.807, 2.05) is 6.92 Å². The van der Waals surface area contributed by atoms with E-state index in [4.69, 9.17) is 0 Å². The van der Waals surface area contributed by atoms with E-state index in [9.17, 15) is 9.59 Å². The summed E-state index contributed by atoms with van der Waals surface area (Å²) in [6, 6.07) is 0. The Balaban J connectivity index is 3.45. The van der Waals surface area contributed by atoms with Gasteiger partial charge >= 0.3 is 5.97 Å². The minimum Gasteiger partial charge on any atom is -0.435 e. The molecule has 13 heavy (non-hydrogen) atoms. The number of esters is 1. The minimum absolute atomic E-state index is 0.0443. The van der Waals surface area contributed by atoms with Gasteiger partial charge in [0.2, 0.25) is 0 Å². The van der Waals surface area contributed by atoms with Crippen molar-refractivity contribution in [1.29, 1.82) is 0 Å². The number of unbranched alkanes of at least 4 members (excludes halogenated alkanes) is 1. The van der Waals surface area contributed by atoms with Crippen LogP contribution >= 0.6 is 11.8 Å². The first-order valence-electron chi connectivity index (χ1n) is 4.16. The molecule has 0 aromatic heterocycles. The summed E-state index contributed by atoms with van der Waals surface area (Å²) < 4.78 is 4.45. The van der Waals surface area contributed by atoms with E-state index >= 15 is 0 Å². The quantitative estimate of drug-likeness (QED) is 0.489. The predicted octanol–water partition coefficient (Wildman–Crippen LogP) is 2.12. The average molecular weight is 202 g/mol. The van der Waals surface area contributed by atoms with Crippen LogP contribution in [0.2, 0.25) is 0 Å². The number of hydrogen-bond acceptors (Lipinski definition) is 4. The molecule has 0 heterocycles. The molecule has 4 heteroatoms. The molecule has 0 amide bonds. The van der Waals surface area contributed by atoms with Crippen LogP contribution in [-0.2, 0) is 14.3 Å². The van der Waals surface area contributed by atoms with Gasteiger partial charge in [-0.1, -0.05) is 31.7 Å². The number of carbonyl (C=O) groups is 2. The van der Waals surface area contributed by atoms with Gasteiger partial charge in [0.15, 0.2) is 5.12 Å². The molecule has 0 radical (unpaired) electrons. The number of hydrogen-bond donors (Lipinski definition) is 0. The van der Waals surface area contributed by atoms with Gasteiger partial charge < -0.3 is 4.74 Å². The second kappa shape index (κ2) is 7.86. The van der Waals surface area contributed by atoms with E-state index < -0.39 is 5.97 Å². The molecule has 0 aliphatic carbocycles. The Morgan fingerprint density at radius 1 is 1.54 bits per heavy atom. The number of ether oxygens (including phenoxy) is 1. The number of rotatable bonds is 6. The van der Waals surface area contributed by atoms with Gasteiger partial charge in [-0.25, -0.2) is 0 Å². The van der Waals surface area contributed by atoms with Crippen LogP contribution in [0.25, 0.3) is 0 Å². The molecular formula is C9H14O3S. The van der Waals surface area contributed by atoms with E-state index in [1.165, 1.54) is 0 Å². The lowest BCUT2D eigenvalue weighted by atomic mass is 10.3. The first-order chi connectivity index (χ1) is 6.20. The highest BCUT2D eigenvalue weighted by atomic mass is 32.2. The Kier molecular flexibility index (Phi) is 7.39. The summed E-state index contributed by atoms with van der Waals surface area (Å²) in [6.07, 6.45) is 3.47. The zero-order chi connectivity index (χ0) is 10.1. The van der Waals surface area contributed by atoms with Gasteiger partial charge in [0, 0.05) is 6.42 Å². The summed E-state index contributed by atoms with van der Waals surface area (Å²) in [5, 5.41) is 0.0443. The molecule has 0 aliphatic rings. The largest absolute Gasteiger partial charge is 0.435 e. The van der Waals surface area contributed by atoms with Crippen molar-refractivity contribution >= 4 is 22.8 Å². The lowest BCUT2D eigenvalue weighted by Crippen LogP contribution is -2.05. The smallest absolute Gasteiger partial charge is 0.321 e. The summed E-state index contributed by atoms with van der Waals surface area (Å²) in [6.45, 7) is 5.26. The van der Waals surface area contributed by atoms with Crippen molar-refractivity contribution < 1.29 is 14.3 Å². The van der Waals surface area contributed by atoms with E-state index in [-0.39, 0.29) is 10.9 Å². The van der Waals surface area contributed by atoms with E-state index in [0.717, 1.165) is 30.9 Å². The van der Waals surface area contributed by atoms with Crippen molar-refractivity contribution in [3.05, 3.63) is 12.8 Å². The zero-order valence-electron chi connectivity index (χ0n) is 7.75. The van der Waals surface area contributed by atoms with Gasteiger partial charge in [0.1, 0.15) is 0 Å². The van der Waals surface area contributed by atoms with E-state index in [0.29, 0.717) is 6.42 Å². The Hall–Kier alpha value is -0.770. The van der Waals surface area contributed by atoms with Crippen LogP contribution in [0.15, 0.2) is 12.8 Å². The van der Waals surface area contributed by atoms with Crippen LogP contribution in [0.1, 0.15) is 26.2 Å². The molecule has 74 valence electrons. The first kappa shape index (κ1) is 12.2. The second-order valence-electron chi connectivity index (χ2n) is 2.42. The maximum Gasteiger partial charge on any atom is 0.321 e. The lowest BCUT2D eigenvalue weighted by molar-refractivity contribution is -0.135. The number of thioether (sulfide) groups is 1. The third kappa shape index (κ3) is 7.59. The topological polar surface area (TPSA) is 43.4 Å². The van der Waals surface area contributed by atoms with Crippen molar-refractivity contribution in [1.82, 2.24) is 0 Å². The van der Waals surface area contributed by atoms with Crippen molar-refractivity contribution in [2.75, 3.05) is 5.75 Å². The number of carbonyl (C=O) groups excluding carboxylic acids is 2. The van der Waals surface area contributed by atoms with Gasteiger partial charge in [-0.05, 0) is 6.42 Å². The highest BCUT2D eigenvalue weighted by molar-refractivity contribution is 8.14. The predicted molar refractivity (Wildman–Crippen MR) is 53.3 cm³/mol. The fourth-order valence-corrected chi connectivity index (χ4v) is 1.30. The molecule has 0 spiro atoms. The maximum absolute atomic E-state index is 11.0. The second-order valence-corrected chi connectivity index (χ2v) is 3.45. The molecule has 0 fully saturated rings. The van der Waals surface area contributed by atoms with Gasteiger partial charge in [0.25, 0.3) is 0 Å². The van der Waals surface area contributed by atoms with Crippen LogP contribution in [0.5, 0.6) is 0 Å². The van der Waals surface area contributed by atoms with Gasteiger partial charge in [0.05, 0.1) is 12.0 Å².